The molecule has 4 aromatic rings. The third-order valence-electron chi connectivity index (χ3n) is 5.73. The highest BCUT2D eigenvalue weighted by Crippen LogP contribution is 2.33. The fraction of sp³-hybridized carbons (Fsp3) is 0.154. The molecule has 0 saturated carbocycles. The molecule has 3 aromatic carbocycles. The van der Waals surface area contributed by atoms with Crippen molar-refractivity contribution < 1.29 is 5.11 Å². The van der Waals surface area contributed by atoms with Gasteiger partial charge in [-0.3, -0.25) is 0 Å². The number of hydrogen-bond acceptors (Lipinski definition) is 6. The Balaban J connectivity index is 1.40. The van der Waals surface area contributed by atoms with Gasteiger partial charge in [0.1, 0.15) is 11.6 Å². The Bertz CT molecular complexity index is 1350. The van der Waals surface area contributed by atoms with Crippen LogP contribution in [0.5, 0.6) is 5.75 Å². The molecule has 7 heteroatoms. The molecule has 6 nitrogen and oxygen atoms in total. The van der Waals surface area contributed by atoms with Crippen LogP contribution in [0.3, 0.4) is 0 Å². The van der Waals surface area contributed by atoms with Gasteiger partial charge in [-0.05, 0) is 48.4 Å². The Labute approximate surface area is 197 Å². The number of fused-ring (bicyclic) bond motifs is 2. The summed E-state index contributed by atoms with van der Waals surface area (Å²) in [5.74, 6) is 1.15. The molecule has 1 aliphatic rings. The summed E-state index contributed by atoms with van der Waals surface area (Å²) in [5.41, 5.74) is 11.4. The minimum atomic E-state index is -0.112. The van der Waals surface area contributed by atoms with E-state index in [-0.39, 0.29) is 11.8 Å². The lowest BCUT2D eigenvalue weighted by Gasteiger charge is -2.22. The molecule has 0 radical (unpaired) electrons. The lowest BCUT2D eigenvalue weighted by molar-refractivity contribution is 0.477. The van der Waals surface area contributed by atoms with Crippen LogP contribution in [-0.4, -0.2) is 34.2 Å². The van der Waals surface area contributed by atoms with Gasteiger partial charge in [-0.25, -0.2) is 9.97 Å². The Morgan fingerprint density at radius 3 is 2.76 bits per heavy atom. The van der Waals surface area contributed by atoms with Crippen molar-refractivity contribution in [1.29, 1.82) is 0 Å². The van der Waals surface area contributed by atoms with Gasteiger partial charge in [0.15, 0.2) is 5.82 Å². The normalized spacial score (nSPS) is 13.7. The average Bonchev–Trinajstić information content (AvgIpc) is 2.84. The summed E-state index contributed by atoms with van der Waals surface area (Å²) in [7, 11) is 0. The summed E-state index contributed by atoms with van der Waals surface area (Å²) in [6.45, 7) is 1.34. The molecule has 0 saturated heterocycles. The minimum Gasteiger partial charge on any atom is -0.507 e. The van der Waals surface area contributed by atoms with Crippen LogP contribution >= 0.6 is 11.6 Å². The van der Waals surface area contributed by atoms with Crippen LogP contribution in [-0.2, 0) is 0 Å². The molecular weight excluding hydrogens is 434 g/mol. The van der Waals surface area contributed by atoms with E-state index in [2.05, 4.69) is 33.8 Å². The van der Waals surface area contributed by atoms with E-state index < -0.39 is 0 Å². The molecule has 5 rings (SSSR count). The molecule has 166 valence electrons. The van der Waals surface area contributed by atoms with E-state index in [4.69, 9.17) is 22.3 Å². The highest BCUT2D eigenvalue weighted by Gasteiger charge is 2.16. The van der Waals surface area contributed by atoms with Gasteiger partial charge >= 0.3 is 0 Å². The van der Waals surface area contributed by atoms with Crippen molar-refractivity contribution in [2.75, 3.05) is 23.7 Å². The smallest absolute Gasteiger partial charge is 0.165 e. The number of nitrogens with two attached hydrogens (primary N) is 1. The van der Waals surface area contributed by atoms with Crippen LogP contribution in [0.1, 0.15) is 12.0 Å². The summed E-state index contributed by atoms with van der Waals surface area (Å²) >= 11 is 6.15. The lowest BCUT2D eigenvalue weighted by Crippen LogP contribution is -2.30. The second-order valence-corrected chi connectivity index (χ2v) is 8.51. The number of aromatic nitrogens is 2. The number of anilines is 2. The molecule has 33 heavy (non-hydrogen) atoms. The van der Waals surface area contributed by atoms with Crippen molar-refractivity contribution >= 4 is 39.6 Å². The first-order chi connectivity index (χ1) is 16.1. The summed E-state index contributed by atoms with van der Waals surface area (Å²) in [6, 6.07) is 20.8. The van der Waals surface area contributed by atoms with Crippen LogP contribution in [0.4, 0.5) is 11.5 Å². The number of nitrogens with zero attached hydrogens (tertiary/aromatic N) is 2. The number of para-hydroxylation sites is 2. The zero-order chi connectivity index (χ0) is 22.8. The molecule has 2 heterocycles. The topological polar surface area (TPSA) is 96.1 Å². The van der Waals surface area contributed by atoms with Gasteiger partial charge in [0.25, 0.3) is 0 Å². The van der Waals surface area contributed by atoms with Crippen molar-refractivity contribution in [3.63, 3.8) is 0 Å². The molecule has 5 N–H and O–H groups in total. The number of nitrogens with one attached hydrogen (secondary N) is 2. The van der Waals surface area contributed by atoms with E-state index in [1.165, 1.54) is 11.1 Å². The van der Waals surface area contributed by atoms with Crippen molar-refractivity contribution in [1.82, 2.24) is 9.97 Å². The van der Waals surface area contributed by atoms with Crippen LogP contribution in [0.2, 0.25) is 5.02 Å². The third kappa shape index (κ3) is 4.49. The van der Waals surface area contributed by atoms with Gasteiger partial charge in [-0.1, -0.05) is 48.0 Å². The summed E-state index contributed by atoms with van der Waals surface area (Å²) in [6.07, 6.45) is 2.94. The summed E-state index contributed by atoms with van der Waals surface area (Å²) < 4.78 is 0. The van der Waals surface area contributed by atoms with Gasteiger partial charge < -0.3 is 21.5 Å². The van der Waals surface area contributed by atoms with Gasteiger partial charge in [0.2, 0.25) is 0 Å². The molecule has 1 aromatic heterocycles. The molecule has 1 atom stereocenters. The van der Waals surface area contributed by atoms with Crippen molar-refractivity contribution in [2.24, 2.45) is 5.73 Å². The molecule has 0 aliphatic carbocycles. The Morgan fingerprint density at radius 2 is 1.85 bits per heavy atom. The average molecular weight is 458 g/mol. The molecule has 0 unspecified atom stereocenters. The number of phenols is 1. The van der Waals surface area contributed by atoms with Crippen molar-refractivity contribution in [2.45, 2.75) is 12.5 Å². The Hall–Kier alpha value is -3.61. The number of phenolic OH excluding ortho intramolecular Hbond substituents is 1. The van der Waals surface area contributed by atoms with E-state index >= 15 is 0 Å². The second-order valence-electron chi connectivity index (χ2n) is 8.08. The largest absolute Gasteiger partial charge is 0.507 e. The molecule has 1 aliphatic heterocycles. The van der Waals surface area contributed by atoms with Gasteiger partial charge in [-0.2, -0.15) is 0 Å². The fourth-order valence-corrected chi connectivity index (χ4v) is 4.28. The highest BCUT2D eigenvalue weighted by molar-refractivity contribution is 6.30. The molecule has 0 fully saturated rings. The molecular formula is C26H24ClN5O. The lowest BCUT2D eigenvalue weighted by atomic mass is 9.95. The first-order valence-electron chi connectivity index (χ1n) is 10.9. The quantitative estimate of drug-likeness (QED) is 0.314. The zero-order valence-corrected chi connectivity index (χ0v) is 18.7. The maximum atomic E-state index is 10.3. The van der Waals surface area contributed by atoms with Crippen LogP contribution < -0.4 is 16.4 Å². The van der Waals surface area contributed by atoms with Crippen molar-refractivity contribution in [3.8, 4) is 17.1 Å². The molecule has 0 bridgehead atoms. The van der Waals surface area contributed by atoms with Gasteiger partial charge in [0.05, 0.1) is 11.1 Å². The summed E-state index contributed by atoms with van der Waals surface area (Å²) in [4.78, 5) is 9.34. The monoisotopic (exact) mass is 457 g/mol. The fourth-order valence-electron chi connectivity index (χ4n) is 4.11. The van der Waals surface area contributed by atoms with E-state index in [9.17, 15) is 5.11 Å². The Kier molecular flexibility index (Phi) is 5.86. The predicted molar refractivity (Wildman–Crippen MR) is 136 cm³/mol. The standard InChI is InChI=1S/C26H24ClN5O/c27-17-9-10-24(33)21(14-17)26-31-23-8-4-2-6-20(23)25(32-26)30-15-18(28)13-16-11-12-29-22-7-3-1-5-19(16)22/h1-11,14,18,29,33H,12-13,15,28H2,(H,30,31,32)/t18-/m1/s1. The Morgan fingerprint density at radius 1 is 1.03 bits per heavy atom. The number of aromatic hydroxyl groups is 1. The highest BCUT2D eigenvalue weighted by atomic mass is 35.5. The van der Waals surface area contributed by atoms with Gasteiger partial charge in [0, 0.05) is 40.8 Å². The molecule has 0 spiro atoms. The first-order valence-corrected chi connectivity index (χ1v) is 11.2. The van der Waals surface area contributed by atoms with Crippen LogP contribution in [0, 0.1) is 0 Å². The van der Waals surface area contributed by atoms with E-state index in [1.54, 1.807) is 18.2 Å². The summed E-state index contributed by atoms with van der Waals surface area (Å²) in [5, 5.41) is 18.5. The van der Waals surface area contributed by atoms with Crippen molar-refractivity contribution in [3.05, 3.63) is 83.4 Å². The predicted octanol–water partition coefficient (Wildman–Crippen LogP) is 5.29. The first kappa shape index (κ1) is 21.2. The molecule has 0 amide bonds. The number of halogens is 1. The number of benzene rings is 3. The van der Waals surface area contributed by atoms with E-state index in [0.29, 0.717) is 28.8 Å². The van der Waals surface area contributed by atoms with Crippen LogP contribution in [0.15, 0.2) is 72.8 Å². The van der Waals surface area contributed by atoms with E-state index in [0.717, 1.165) is 29.6 Å². The maximum absolute atomic E-state index is 10.3. The minimum absolute atomic E-state index is 0.0776. The maximum Gasteiger partial charge on any atom is 0.165 e. The van der Waals surface area contributed by atoms with Gasteiger partial charge in [-0.15, -0.1) is 0 Å². The SMILES string of the molecule is N[C@@H](CNc1nc(-c2cc(Cl)ccc2O)nc2ccccc12)CC1=CCNc2ccccc21. The van der Waals surface area contributed by atoms with Crippen LogP contribution in [0.25, 0.3) is 27.9 Å². The number of hydrogen-bond donors (Lipinski definition) is 4. The third-order valence-corrected chi connectivity index (χ3v) is 5.97. The number of rotatable bonds is 6. The second kappa shape index (κ2) is 9.10. The zero-order valence-electron chi connectivity index (χ0n) is 17.9. The van der Waals surface area contributed by atoms with E-state index in [1.807, 2.05) is 36.4 Å².